The second-order valence-electron chi connectivity index (χ2n) is 8.83. The highest BCUT2D eigenvalue weighted by molar-refractivity contribution is 8.00. The predicted molar refractivity (Wildman–Crippen MR) is 154 cm³/mol. The number of amides is 3. The lowest BCUT2D eigenvalue weighted by molar-refractivity contribution is -0.137. The number of alkyl halides is 3. The monoisotopic (exact) mass is 593 g/mol. The van der Waals surface area contributed by atoms with Gasteiger partial charge in [-0.2, -0.15) is 13.2 Å². The van der Waals surface area contributed by atoms with E-state index < -0.39 is 35.3 Å². The molecule has 0 aliphatic heterocycles. The van der Waals surface area contributed by atoms with Crippen LogP contribution in [0.1, 0.15) is 21.5 Å². The maximum absolute atomic E-state index is 13.4. The average molecular weight is 594 g/mol. The Balaban J connectivity index is 1.43. The molecule has 0 aromatic heterocycles. The first-order valence-corrected chi connectivity index (χ1v) is 13.4. The van der Waals surface area contributed by atoms with Gasteiger partial charge in [0.2, 0.25) is 5.91 Å². The maximum atomic E-state index is 13.4. The van der Waals surface area contributed by atoms with E-state index in [9.17, 15) is 31.9 Å². The third-order valence-corrected chi connectivity index (χ3v) is 6.64. The first-order chi connectivity index (χ1) is 20.1. The summed E-state index contributed by atoms with van der Waals surface area (Å²) in [7, 11) is 0. The molecule has 42 heavy (non-hydrogen) atoms. The van der Waals surface area contributed by atoms with Crippen LogP contribution >= 0.6 is 11.8 Å². The topological polar surface area (TPSA) is 87.3 Å². The minimum Gasteiger partial charge on any atom is -0.325 e. The van der Waals surface area contributed by atoms with Gasteiger partial charge in [0.15, 0.2) is 0 Å². The highest BCUT2D eigenvalue weighted by atomic mass is 32.2. The zero-order chi connectivity index (χ0) is 30.1. The summed E-state index contributed by atoms with van der Waals surface area (Å²) in [6.45, 7) is 0. The van der Waals surface area contributed by atoms with Crippen LogP contribution < -0.4 is 16.0 Å². The number of benzene rings is 4. The van der Waals surface area contributed by atoms with Gasteiger partial charge in [0.05, 0.1) is 11.3 Å². The minimum absolute atomic E-state index is 0.0226. The van der Waals surface area contributed by atoms with Crippen LogP contribution in [0.3, 0.4) is 0 Å². The van der Waals surface area contributed by atoms with Gasteiger partial charge in [-0.15, -0.1) is 11.8 Å². The zero-order valence-corrected chi connectivity index (χ0v) is 22.6. The molecule has 3 N–H and O–H groups in total. The van der Waals surface area contributed by atoms with Crippen molar-refractivity contribution >= 4 is 46.9 Å². The fourth-order valence-electron chi connectivity index (χ4n) is 3.65. The number of nitrogens with one attached hydrogen (secondary N) is 3. The number of hydrogen-bond donors (Lipinski definition) is 3. The van der Waals surface area contributed by atoms with Gasteiger partial charge in [-0.1, -0.05) is 42.5 Å². The number of hydrogen-bond acceptors (Lipinski definition) is 4. The first-order valence-electron chi connectivity index (χ1n) is 12.4. The van der Waals surface area contributed by atoms with Crippen LogP contribution in [0.2, 0.25) is 0 Å². The van der Waals surface area contributed by atoms with E-state index >= 15 is 0 Å². The fourth-order valence-corrected chi connectivity index (χ4v) is 4.40. The second-order valence-corrected chi connectivity index (χ2v) is 9.88. The number of carbonyl (C=O) groups is 3. The van der Waals surface area contributed by atoms with E-state index in [0.29, 0.717) is 21.7 Å². The van der Waals surface area contributed by atoms with E-state index in [0.717, 1.165) is 23.9 Å². The molecule has 0 fully saturated rings. The molecule has 0 heterocycles. The van der Waals surface area contributed by atoms with E-state index in [1.165, 1.54) is 42.5 Å². The lowest BCUT2D eigenvalue weighted by Crippen LogP contribution is -2.30. The lowest BCUT2D eigenvalue weighted by Gasteiger charge is -2.12. The Morgan fingerprint density at radius 3 is 2.12 bits per heavy atom. The lowest BCUT2D eigenvalue weighted by atomic mass is 10.1. The van der Waals surface area contributed by atoms with E-state index in [1.807, 2.05) is 0 Å². The van der Waals surface area contributed by atoms with Gasteiger partial charge in [-0.25, -0.2) is 4.39 Å². The summed E-state index contributed by atoms with van der Waals surface area (Å²) >= 11 is 1.11. The minimum atomic E-state index is -4.53. The van der Waals surface area contributed by atoms with Gasteiger partial charge < -0.3 is 16.0 Å². The Kier molecular flexibility index (Phi) is 9.77. The third kappa shape index (κ3) is 8.80. The fraction of sp³-hybridized carbons (Fsp3) is 0.0645. The quantitative estimate of drug-likeness (QED) is 0.111. The number of anilines is 2. The van der Waals surface area contributed by atoms with E-state index in [1.54, 1.807) is 54.6 Å². The summed E-state index contributed by atoms with van der Waals surface area (Å²) in [5.74, 6) is -2.23. The molecule has 0 bridgehead atoms. The van der Waals surface area contributed by atoms with Crippen molar-refractivity contribution in [2.24, 2.45) is 0 Å². The van der Waals surface area contributed by atoms with E-state index in [-0.39, 0.29) is 17.1 Å². The van der Waals surface area contributed by atoms with Crippen molar-refractivity contribution in [1.82, 2.24) is 5.32 Å². The van der Waals surface area contributed by atoms with Crippen LogP contribution in [0.4, 0.5) is 28.9 Å². The van der Waals surface area contributed by atoms with Crippen molar-refractivity contribution in [1.29, 1.82) is 0 Å². The Hall–Kier alpha value is -4.90. The van der Waals surface area contributed by atoms with Gasteiger partial charge in [-0.05, 0) is 72.3 Å². The largest absolute Gasteiger partial charge is 0.416 e. The average Bonchev–Trinajstić information content (AvgIpc) is 2.97. The molecule has 0 aliphatic carbocycles. The molecule has 6 nitrogen and oxygen atoms in total. The van der Waals surface area contributed by atoms with Crippen molar-refractivity contribution in [3.05, 3.63) is 131 Å². The van der Waals surface area contributed by atoms with Crippen molar-refractivity contribution in [3.8, 4) is 0 Å². The van der Waals surface area contributed by atoms with Gasteiger partial charge in [0.1, 0.15) is 11.5 Å². The zero-order valence-electron chi connectivity index (χ0n) is 21.7. The second kappa shape index (κ2) is 13.6. The Labute approximate surface area is 242 Å². The van der Waals surface area contributed by atoms with Crippen molar-refractivity contribution in [3.63, 3.8) is 0 Å². The summed E-state index contributed by atoms with van der Waals surface area (Å²) in [6, 6.07) is 24.6. The molecule has 0 saturated carbocycles. The van der Waals surface area contributed by atoms with Crippen LogP contribution in [-0.2, 0) is 15.8 Å². The molecule has 4 aromatic carbocycles. The first kappa shape index (κ1) is 30.1. The molecule has 0 radical (unpaired) electrons. The highest BCUT2D eigenvalue weighted by Gasteiger charge is 2.30. The normalized spacial score (nSPS) is 11.5. The van der Waals surface area contributed by atoms with Crippen molar-refractivity contribution in [2.75, 3.05) is 16.4 Å². The molecule has 11 heteroatoms. The van der Waals surface area contributed by atoms with Crippen molar-refractivity contribution in [2.45, 2.75) is 11.1 Å². The smallest absolute Gasteiger partial charge is 0.325 e. The number of halogens is 4. The number of rotatable bonds is 9. The Morgan fingerprint density at radius 1 is 0.762 bits per heavy atom. The van der Waals surface area contributed by atoms with Crippen LogP contribution in [0, 0.1) is 5.82 Å². The van der Waals surface area contributed by atoms with Gasteiger partial charge in [-0.3, -0.25) is 14.4 Å². The van der Waals surface area contributed by atoms with Crippen LogP contribution in [-0.4, -0.2) is 23.5 Å². The van der Waals surface area contributed by atoms with Crippen LogP contribution in [0.5, 0.6) is 0 Å². The number of carbonyl (C=O) groups excluding carboxylic acids is 3. The Bertz CT molecular complexity index is 1610. The summed E-state index contributed by atoms with van der Waals surface area (Å²) in [5.41, 5.74) is 0.234. The maximum Gasteiger partial charge on any atom is 0.416 e. The predicted octanol–water partition coefficient (Wildman–Crippen LogP) is 6.98. The van der Waals surface area contributed by atoms with E-state index in [2.05, 4.69) is 16.0 Å². The van der Waals surface area contributed by atoms with E-state index in [4.69, 9.17) is 0 Å². The summed E-state index contributed by atoms with van der Waals surface area (Å²) in [4.78, 5) is 38.9. The van der Waals surface area contributed by atoms with Gasteiger partial charge in [0.25, 0.3) is 11.8 Å². The van der Waals surface area contributed by atoms with Crippen LogP contribution in [0.25, 0.3) is 6.08 Å². The number of thioether (sulfide) groups is 1. The molecule has 0 atom stereocenters. The SMILES string of the molecule is O=C(CSc1cccc(NC(=O)/C(=C/c2ccc(F)cc2)NC(=O)c2ccccc2)c1)Nc1cccc(C(F)(F)F)c1. The molecule has 4 aromatic rings. The Morgan fingerprint density at radius 2 is 1.43 bits per heavy atom. The molecule has 3 amide bonds. The molecule has 0 spiro atoms. The molecule has 214 valence electrons. The summed E-state index contributed by atoms with van der Waals surface area (Å²) in [6.07, 6.45) is -3.12. The summed E-state index contributed by atoms with van der Waals surface area (Å²) < 4.78 is 52.2. The third-order valence-electron chi connectivity index (χ3n) is 5.65. The molecule has 0 unspecified atom stereocenters. The molecular weight excluding hydrogens is 570 g/mol. The van der Waals surface area contributed by atoms with Crippen LogP contribution in [0.15, 0.2) is 114 Å². The highest BCUT2D eigenvalue weighted by Crippen LogP contribution is 2.31. The molecule has 0 saturated heterocycles. The summed E-state index contributed by atoms with van der Waals surface area (Å²) in [5, 5.41) is 7.74. The van der Waals surface area contributed by atoms with Crippen molar-refractivity contribution < 1.29 is 31.9 Å². The van der Waals surface area contributed by atoms with Gasteiger partial charge >= 0.3 is 6.18 Å². The molecular formula is C31H23F4N3O3S. The standard InChI is InChI=1S/C31H23F4N3O3S/c32-23-14-12-20(13-15-23)16-27(38-29(40)21-6-2-1-3-7-21)30(41)37-25-10-5-11-26(18-25)42-19-28(39)36-24-9-4-8-22(17-24)31(33,34)35/h1-18H,19H2,(H,36,39)(H,37,41)(H,38,40)/b27-16-. The molecule has 0 aliphatic rings. The van der Waals surface area contributed by atoms with Gasteiger partial charge in [0, 0.05) is 21.8 Å². The molecule has 4 rings (SSSR count).